The Balaban J connectivity index is 2.24. The second-order valence-electron chi connectivity index (χ2n) is 3.75. The highest BCUT2D eigenvalue weighted by atomic mass is 16.5. The van der Waals surface area contributed by atoms with Gasteiger partial charge in [0.05, 0.1) is 12.6 Å². The van der Waals surface area contributed by atoms with Gasteiger partial charge in [-0.2, -0.15) is 0 Å². The number of nitrogens with zero attached hydrogens (tertiary/aromatic N) is 1. The summed E-state index contributed by atoms with van der Waals surface area (Å²) in [5, 5.41) is 0. The Morgan fingerprint density at radius 1 is 1.69 bits per heavy atom. The van der Waals surface area contributed by atoms with Crippen molar-refractivity contribution in [3.63, 3.8) is 0 Å². The van der Waals surface area contributed by atoms with Gasteiger partial charge in [-0.15, -0.1) is 0 Å². The van der Waals surface area contributed by atoms with E-state index in [1.807, 2.05) is 25.2 Å². The van der Waals surface area contributed by atoms with Gasteiger partial charge in [0.2, 0.25) is 5.91 Å². The molecule has 3 nitrogen and oxygen atoms in total. The first-order valence-electron chi connectivity index (χ1n) is 5.35. The van der Waals surface area contributed by atoms with Crippen LogP contribution in [0.4, 0.5) is 0 Å². The normalized spacial score (nSPS) is 29.2. The van der Waals surface area contributed by atoms with Crippen molar-refractivity contribution in [3.8, 4) is 0 Å². The quantitative estimate of drug-likeness (QED) is 0.675. The minimum atomic E-state index is -0.184. The number of carbonyl (C=O) groups excluding carboxylic acids is 1. The van der Waals surface area contributed by atoms with Crippen molar-refractivity contribution >= 4 is 5.91 Å². The lowest BCUT2D eigenvalue weighted by atomic mass is 10.1. The fourth-order valence-corrected chi connectivity index (χ4v) is 2.07. The van der Waals surface area contributed by atoms with Crippen molar-refractivity contribution in [2.75, 3.05) is 6.61 Å². The van der Waals surface area contributed by atoms with Crippen LogP contribution < -0.4 is 0 Å². The maximum absolute atomic E-state index is 11.7. The molecule has 3 heteroatoms. The zero-order valence-electron chi connectivity index (χ0n) is 9.30. The minimum Gasteiger partial charge on any atom is -0.352 e. The molecule has 0 aromatic carbocycles. The van der Waals surface area contributed by atoms with Gasteiger partial charge < -0.3 is 9.64 Å². The molecule has 2 rings (SSSR count). The highest BCUT2D eigenvalue weighted by Gasteiger charge is 2.39. The second-order valence-corrected chi connectivity index (χ2v) is 3.75. The summed E-state index contributed by atoms with van der Waals surface area (Å²) in [5.74, 6) is 0.0203. The number of rotatable bonds is 3. The van der Waals surface area contributed by atoms with Crippen LogP contribution in [0.25, 0.3) is 0 Å². The predicted molar refractivity (Wildman–Crippen MR) is 62.6 cm³/mol. The van der Waals surface area contributed by atoms with Crippen LogP contribution in [0.1, 0.15) is 6.92 Å². The third kappa shape index (κ3) is 1.74. The Bertz CT molecular complexity index is 393. The fourth-order valence-electron chi connectivity index (χ4n) is 2.07. The molecule has 0 aromatic heterocycles. The monoisotopic (exact) mass is 217 g/mol. The van der Waals surface area contributed by atoms with E-state index in [0.29, 0.717) is 6.61 Å². The van der Waals surface area contributed by atoms with Crippen molar-refractivity contribution in [1.82, 2.24) is 4.90 Å². The first kappa shape index (κ1) is 10.9. The van der Waals surface area contributed by atoms with E-state index in [-0.39, 0.29) is 18.2 Å². The van der Waals surface area contributed by atoms with Gasteiger partial charge in [-0.1, -0.05) is 30.9 Å². The zero-order chi connectivity index (χ0) is 11.5. The van der Waals surface area contributed by atoms with E-state index in [1.54, 1.807) is 23.1 Å². The summed E-state index contributed by atoms with van der Waals surface area (Å²) in [5.41, 5.74) is 1.05. The number of hydrogen-bond donors (Lipinski definition) is 0. The number of allylic oxidation sites excluding steroid dienone is 3. The van der Waals surface area contributed by atoms with Crippen LogP contribution in [0.3, 0.4) is 0 Å². The molecule has 0 aliphatic carbocycles. The van der Waals surface area contributed by atoms with Crippen LogP contribution >= 0.6 is 0 Å². The van der Waals surface area contributed by atoms with E-state index < -0.39 is 0 Å². The molecule has 1 fully saturated rings. The van der Waals surface area contributed by atoms with Crippen LogP contribution in [0.15, 0.2) is 48.6 Å². The molecule has 84 valence electrons. The molecule has 1 amide bonds. The third-order valence-electron chi connectivity index (χ3n) is 2.75. The molecule has 16 heavy (non-hydrogen) atoms. The van der Waals surface area contributed by atoms with Crippen LogP contribution in [0, 0.1) is 0 Å². The van der Waals surface area contributed by atoms with Crippen molar-refractivity contribution in [2.24, 2.45) is 0 Å². The van der Waals surface area contributed by atoms with Gasteiger partial charge in [0.25, 0.3) is 0 Å². The van der Waals surface area contributed by atoms with Gasteiger partial charge in [-0.25, -0.2) is 0 Å². The Morgan fingerprint density at radius 3 is 3.19 bits per heavy atom. The zero-order valence-corrected chi connectivity index (χ0v) is 9.30. The highest BCUT2D eigenvalue weighted by Crippen LogP contribution is 2.28. The largest absolute Gasteiger partial charge is 0.352 e. The van der Waals surface area contributed by atoms with E-state index in [4.69, 9.17) is 4.74 Å². The van der Waals surface area contributed by atoms with Crippen molar-refractivity contribution in [3.05, 3.63) is 48.6 Å². The lowest BCUT2D eigenvalue weighted by Gasteiger charge is -2.22. The molecule has 0 aromatic rings. The highest BCUT2D eigenvalue weighted by molar-refractivity contribution is 5.91. The molecule has 2 aliphatic heterocycles. The summed E-state index contributed by atoms with van der Waals surface area (Å²) in [4.78, 5) is 13.4. The molecular formula is C13H15NO2. The van der Waals surface area contributed by atoms with Crippen molar-refractivity contribution in [1.29, 1.82) is 0 Å². The maximum atomic E-state index is 11.7. The Labute approximate surface area is 95.4 Å². The molecule has 2 atom stereocenters. The molecule has 1 saturated heterocycles. The summed E-state index contributed by atoms with van der Waals surface area (Å²) >= 11 is 0. The van der Waals surface area contributed by atoms with E-state index in [0.717, 1.165) is 5.57 Å². The van der Waals surface area contributed by atoms with Gasteiger partial charge in [-0.3, -0.25) is 4.79 Å². The Morgan fingerprint density at radius 2 is 2.50 bits per heavy atom. The molecule has 0 spiro atoms. The number of hydrogen-bond acceptors (Lipinski definition) is 2. The predicted octanol–water partition coefficient (Wildman–Crippen LogP) is 1.80. The van der Waals surface area contributed by atoms with Crippen molar-refractivity contribution < 1.29 is 9.53 Å². The van der Waals surface area contributed by atoms with E-state index >= 15 is 0 Å². The van der Waals surface area contributed by atoms with E-state index in [2.05, 4.69) is 6.58 Å². The molecule has 0 saturated carbocycles. The van der Waals surface area contributed by atoms with Crippen molar-refractivity contribution in [2.45, 2.75) is 19.2 Å². The van der Waals surface area contributed by atoms with Gasteiger partial charge in [0.1, 0.15) is 0 Å². The number of carbonyl (C=O) groups is 1. The van der Waals surface area contributed by atoms with Crippen LogP contribution in [-0.2, 0) is 9.53 Å². The van der Waals surface area contributed by atoms with Crippen LogP contribution in [-0.4, -0.2) is 29.7 Å². The second kappa shape index (κ2) is 4.49. The molecule has 2 heterocycles. The first-order chi connectivity index (χ1) is 7.77. The SMILES string of the molecule is C=C/C=C(\C=C/C)[C@H]1COC2C=CC(=O)N21. The molecular weight excluding hydrogens is 202 g/mol. The summed E-state index contributed by atoms with van der Waals surface area (Å²) in [6.45, 7) is 6.19. The topological polar surface area (TPSA) is 29.5 Å². The van der Waals surface area contributed by atoms with E-state index in [9.17, 15) is 4.79 Å². The third-order valence-corrected chi connectivity index (χ3v) is 2.75. The lowest BCUT2D eigenvalue weighted by Crippen LogP contribution is -2.37. The molecule has 0 radical (unpaired) electrons. The van der Waals surface area contributed by atoms with Gasteiger partial charge in [0.15, 0.2) is 6.23 Å². The smallest absolute Gasteiger partial charge is 0.249 e. The van der Waals surface area contributed by atoms with Crippen LogP contribution in [0.5, 0.6) is 0 Å². The number of amides is 1. The minimum absolute atomic E-state index is 0.00157. The Kier molecular flexibility index (Phi) is 3.06. The summed E-state index contributed by atoms with van der Waals surface area (Å²) in [6.07, 6.45) is 10.8. The molecule has 2 aliphatic rings. The average Bonchev–Trinajstić information content (AvgIpc) is 2.82. The van der Waals surface area contributed by atoms with Gasteiger partial charge in [0, 0.05) is 6.08 Å². The maximum Gasteiger partial charge on any atom is 0.249 e. The summed E-state index contributed by atoms with van der Waals surface area (Å²) in [6, 6.07) is 0.00157. The average molecular weight is 217 g/mol. The summed E-state index contributed by atoms with van der Waals surface area (Å²) in [7, 11) is 0. The Hall–Kier alpha value is -1.61. The summed E-state index contributed by atoms with van der Waals surface area (Å²) < 4.78 is 5.54. The molecule has 0 N–H and O–H groups in total. The van der Waals surface area contributed by atoms with Crippen LogP contribution in [0.2, 0.25) is 0 Å². The fraction of sp³-hybridized carbons (Fsp3) is 0.308. The van der Waals surface area contributed by atoms with E-state index in [1.165, 1.54) is 0 Å². The van der Waals surface area contributed by atoms with Gasteiger partial charge in [-0.05, 0) is 18.6 Å². The number of ether oxygens (including phenoxy) is 1. The standard InChI is InChI=1S/C13H15NO2/c1-3-5-10(6-4-2)11-9-16-13-8-7-12(15)14(11)13/h3-8,11,13H,1,9H2,2H3/b6-4-,10-5+/t11-,13?/m1/s1. The first-order valence-corrected chi connectivity index (χ1v) is 5.35. The lowest BCUT2D eigenvalue weighted by molar-refractivity contribution is -0.127. The number of fused-ring (bicyclic) bond motifs is 1. The van der Waals surface area contributed by atoms with Gasteiger partial charge >= 0.3 is 0 Å². The molecule has 1 unspecified atom stereocenters. The molecule has 0 bridgehead atoms.